The predicted molar refractivity (Wildman–Crippen MR) is 248 cm³/mol. The fraction of sp³-hybridized carbons (Fsp3) is 0.620. The number of aliphatic hydroxyl groups excluding tert-OH is 1. The molecule has 0 bridgehead atoms. The van der Waals surface area contributed by atoms with Crippen LogP contribution in [0.1, 0.15) is 111 Å². The molecule has 1 saturated heterocycles. The lowest BCUT2D eigenvalue weighted by Gasteiger charge is -2.37. The van der Waals surface area contributed by atoms with E-state index in [0.29, 0.717) is 45.2 Å². The molecule has 1 heterocycles. The number of nitrogens with zero attached hydrogens (tertiary/aromatic N) is 2. The molecule has 6 N–H and O–H groups in total. The van der Waals surface area contributed by atoms with Crippen LogP contribution in [0.3, 0.4) is 0 Å². The van der Waals surface area contributed by atoms with E-state index in [4.69, 9.17) is 0 Å². The molecule has 5 amide bonds. The van der Waals surface area contributed by atoms with Gasteiger partial charge in [-0.2, -0.15) is 0 Å². The third-order valence-corrected chi connectivity index (χ3v) is 12.9. The van der Waals surface area contributed by atoms with Crippen molar-refractivity contribution in [2.24, 2.45) is 28.6 Å². The molecule has 2 aromatic rings. The number of amides is 5. The molecule has 1 aliphatic carbocycles. The first-order valence-electron chi connectivity index (χ1n) is 23.4. The summed E-state index contributed by atoms with van der Waals surface area (Å²) in [6, 6.07) is 14.3. The van der Waals surface area contributed by atoms with Crippen LogP contribution in [0.15, 0.2) is 60.7 Å². The van der Waals surface area contributed by atoms with Crippen LogP contribution in [0, 0.1) is 28.6 Å². The maximum atomic E-state index is 14.5. The summed E-state index contributed by atoms with van der Waals surface area (Å²) in [5.74, 6) is -5.90. The SMILES string of the molecule is CC(C)C(NCC(=O)C(Cc1ccccc1)Cc1ccccc1)C(=O)NC(C(=O)NC(CC(=O)N1CCCC1)C(=O)NC(C(=O)N(CO)CCC(C)(C)C)C1(C(=O)O)CCCC1)C(C)C. The number of carboxylic acid groups (broad SMARTS) is 1. The van der Waals surface area contributed by atoms with Gasteiger partial charge in [0.1, 0.15) is 30.6 Å². The summed E-state index contributed by atoms with van der Waals surface area (Å²) >= 11 is 0. The summed E-state index contributed by atoms with van der Waals surface area (Å²) in [5, 5.41) is 32.3. The zero-order valence-corrected chi connectivity index (χ0v) is 39.6. The molecule has 0 radical (unpaired) electrons. The number of carboxylic acids is 1. The summed E-state index contributed by atoms with van der Waals surface area (Å²) < 4.78 is 0. The number of aliphatic carboxylic acids is 1. The number of likely N-dealkylation sites (tertiary alicyclic amines) is 1. The van der Waals surface area contributed by atoms with Gasteiger partial charge in [0.15, 0.2) is 0 Å². The van der Waals surface area contributed by atoms with Gasteiger partial charge in [0.25, 0.3) is 0 Å². The zero-order valence-electron chi connectivity index (χ0n) is 39.6. The quantitative estimate of drug-likeness (QED) is 0.0825. The Hall–Kier alpha value is -5.15. The van der Waals surface area contributed by atoms with E-state index < -0.39 is 84.2 Å². The molecule has 1 saturated carbocycles. The van der Waals surface area contributed by atoms with Crippen molar-refractivity contribution in [3.63, 3.8) is 0 Å². The van der Waals surface area contributed by atoms with Crippen molar-refractivity contribution >= 4 is 41.3 Å². The largest absolute Gasteiger partial charge is 0.481 e. The number of benzene rings is 2. The summed E-state index contributed by atoms with van der Waals surface area (Å²) in [6.07, 6.45) is 3.78. The third kappa shape index (κ3) is 15.2. The van der Waals surface area contributed by atoms with Gasteiger partial charge in [-0.3, -0.25) is 38.9 Å². The van der Waals surface area contributed by atoms with Gasteiger partial charge in [-0.25, -0.2) is 0 Å². The van der Waals surface area contributed by atoms with Gasteiger partial charge in [0.2, 0.25) is 29.5 Å². The van der Waals surface area contributed by atoms with E-state index in [-0.39, 0.29) is 49.0 Å². The predicted octanol–water partition coefficient (Wildman–Crippen LogP) is 4.25. The fourth-order valence-corrected chi connectivity index (χ4v) is 8.82. The first-order valence-corrected chi connectivity index (χ1v) is 23.4. The highest BCUT2D eigenvalue weighted by Gasteiger charge is 2.53. The highest BCUT2D eigenvalue weighted by Crippen LogP contribution is 2.42. The van der Waals surface area contributed by atoms with Crippen LogP contribution in [0.5, 0.6) is 0 Å². The number of rotatable bonds is 24. The molecule has 4 unspecified atom stereocenters. The lowest BCUT2D eigenvalue weighted by Crippen LogP contribution is -2.63. The Bertz CT molecular complexity index is 1860. The van der Waals surface area contributed by atoms with Crippen molar-refractivity contribution in [2.75, 3.05) is 32.9 Å². The molecule has 65 heavy (non-hydrogen) atoms. The van der Waals surface area contributed by atoms with Crippen molar-refractivity contribution in [1.82, 2.24) is 31.1 Å². The second kappa shape index (κ2) is 24.4. The fourth-order valence-electron chi connectivity index (χ4n) is 8.82. The number of hydrogen-bond donors (Lipinski definition) is 6. The van der Waals surface area contributed by atoms with Gasteiger partial charge < -0.3 is 36.0 Å². The monoisotopic (exact) mass is 903 g/mol. The highest BCUT2D eigenvalue weighted by molar-refractivity contribution is 5.99. The van der Waals surface area contributed by atoms with Crippen molar-refractivity contribution in [2.45, 2.75) is 137 Å². The lowest BCUT2D eigenvalue weighted by atomic mass is 9.77. The minimum absolute atomic E-state index is 0.0683. The van der Waals surface area contributed by atoms with E-state index in [9.17, 15) is 43.8 Å². The summed E-state index contributed by atoms with van der Waals surface area (Å²) in [5.41, 5.74) is 0.123. The lowest BCUT2D eigenvalue weighted by molar-refractivity contribution is -0.159. The zero-order chi connectivity index (χ0) is 47.9. The second-order valence-electron chi connectivity index (χ2n) is 19.9. The van der Waals surface area contributed by atoms with E-state index in [1.54, 1.807) is 18.7 Å². The van der Waals surface area contributed by atoms with E-state index in [2.05, 4.69) is 21.3 Å². The van der Waals surface area contributed by atoms with Crippen LogP contribution in [-0.4, -0.2) is 118 Å². The summed E-state index contributed by atoms with van der Waals surface area (Å²) in [4.78, 5) is 100. The smallest absolute Gasteiger partial charge is 0.312 e. The van der Waals surface area contributed by atoms with Crippen LogP contribution in [0.25, 0.3) is 0 Å². The van der Waals surface area contributed by atoms with Gasteiger partial charge in [0, 0.05) is 25.6 Å². The van der Waals surface area contributed by atoms with Crippen LogP contribution in [-0.2, 0) is 46.4 Å². The number of aliphatic hydroxyl groups is 1. The van der Waals surface area contributed by atoms with Crippen LogP contribution in [0.4, 0.5) is 0 Å². The molecule has 15 nitrogen and oxygen atoms in total. The molecular weight excluding hydrogens is 829 g/mol. The molecule has 1 aliphatic heterocycles. The molecule has 2 fully saturated rings. The van der Waals surface area contributed by atoms with E-state index >= 15 is 0 Å². The first kappa shape index (κ1) is 52.5. The van der Waals surface area contributed by atoms with Gasteiger partial charge in [-0.15, -0.1) is 0 Å². The van der Waals surface area contributed by atoms with Crippen LogP contribution < -0.4 is 21.3 Å². The Morgan fingerprint density at radius 2 is 1.25 bits per heavy atom. The standard InChI is InChI=1S/C50H74N6O9/c1-33(2)41(51-31-39(58)37(28-35-18-10-8-11-19-35)29-36-20-12-9-13-21-36)45(61)53-42(34(3)4)46(62)52-38(30-40(59)55-25-16-17-26-55)44(60)54-43(50(48(64)65)22-14-15-23-50)47(63)56(32-57)27-24-49(5,6)7/h8-13,18-21,33-34,37-38,41-43,51,57H,14-17,22-32H2,1-7H3,(H,52,62)(H,53,61)(H,54,60)(H,64,65). The average molecular weight is 903 g/mol. The van der Waals surface area contributed by atoms with Gasteiger partial charge in [-0.05, 0) is 73.3 Å². The number of ketones is 1. The molecule has 15 heteroatoms. The van der Waals surface area contributed by atoms with E-state index in [0.717, 1.165) is 28.9 Å². The second-order valence-corrected chi connectivity index (χ2v) is 19.9. The van der Waals surface area contributed by atoms with Gasteiger partial charge in [-0.1, -0.05) is 122 Å². The van der Waals surface area contributed by atoms with Crippen molar-refractivity contribution in [3.05, 3.63) is 71.8 Å². The molecule has 4 atom stereocenters. The number of hydrogen-bond acceptors (Lipinski definition) is 9. The Kier molecular flexibility index (Phi) is 19.7. The molecule has 2 aliphatic rings. The number of carbonyl (C=O) groups excluding carboxylic acids is 6. The first-order chi connectivity index (χ1) is 30.8. The van der Waals surface area contributed by atoms with E-state index in [1.807, 2.05) is 95.3 Å². The molecule has 0 spiro atoms. The molecule has 358 valence electrons. The molecule has 4 rings (SSSR count). The number of carbonyl (C=O) groups is 7. The number of nitrogens with one attached hydrogen (secondary N) is 4. The van der Waals surface area contributed by atoms with Crippen molar-refractivity contribution < 1.29 is 43.8 Å². The minimum atomic E-state index is -1.69. The summed E-state index contributed by atoms with van der Waals surface area (Å²) in [7, 11) is 0. The maximum absolute atomic E-state index is 14.5. The maximum Gasteiger partial charge on any atom is 0.312 e. The molecular formula is C50H74N6O9. The third-order valence-electron chi connectivity index (χ3n) is 12.9. The van der Waals surface area contributed by atoms with Gasteiger partial charge in [0.05, 0.1) is 24.4 Å². The Balaban J connectivity index is 1.56. The van der Waals surface area contributed by atoms with Crippen molar-refractivity contribution in [1.29, 1.82) is 0 Å². The number of Topliss-reactive ketones (excluding diaryl/α,β-unsaturated/α-hetero) is 1. The van der Waals surface area contributed by atoms with Crippen molar-refractivity contribution in [3.8, 4) is 0 Å². The topological polar surface area (TPSA) is 215 Å². The summed E-state index contributed by atoms with van der Waals surface area (Å²) in [6.45, 7) is 13.3. The average Bonchev–Trinajstić information content (AvgIpc) is 3.99. The Morgan fingerprint density at radius 1 is 0.723 bits per heavy atom. The Morgan fingerprint density at radius 3 is 1.72 bits per heavy atom. The van der Waals surface area contributed by atoms with E-state index in [1.165, 1.54) is 0 Å². The highest BCUT2D eigenvalue weighted by atomic mass is 16.4. The molecule has 0 aromatic heterocycles. The van der Waals surface area contributed by atoms with Crippen LogP contribution in [0.2, 0.25) is 0 Å². The van der Waals surface area contributed by atoms with Gasteiger partial charge >= 0.3 is 5.97 Å². The normalized spacial score (nSPS) is 16.8. The molecule has 2 aromatic carbocycles. The van der Waals surface area contributed by atoms with Crippen LogP contribution >= 0.6 is 0 Å². The Labute approximate surface area is 385 Å². The minimum Gasteiger partial charge on any atom is -0.481 e.